The van der Waals surface area contributed by atoms with Gasteiger partial charge < -0.3 is 13.9 Å². The summed E-state index contributed by atoms with van der Waals surface area (Å²) in [6.07, 6.45) is 0. The van der Waals surface area contributed by atoms with Gasteiger partial charge >= 0.3 is 0 Å². The zero-order valence-corrected chi connectivity index (χ0v) is 36.7. The highest BCUT2D eigenvalue weighted by atomic mass is 16.3. The van der Waals surface area contributed by atoms with Gasteiger partial charge in [-0.2, -0.15) is 0 Å². The zero-order chi connectivity index (χ0) is 43.9. The van der Waals surface area contributed by atoms with Crippen LogP contribution in [0.3, 0.4) is 0 Å². The van der Waals surface area contributed by atoms with Gasteiger partial charge in [-0.1, -0.05) is 159 Å². The van der Waals surface area contributed by atoms with Crippen molar-refractivity contribution in [1.29, 1.82) is 0 Å². The summed E-state index contributed by atoms with van der Waals surface area (Å²) in [6.45, 7) is 4.70. The number of para-hydroxylation sites is 2. The highest BCUT2D eigenvalue weighted by Gasteiger charge is 2.35. The zero-order valence-electron chi connectivity index (χ0n) is 36.7. The Balaban J connectivity index is 0.904. The Hall–Kier alpha value is -8.40. The van der Waals surface area contributed by atoms with Crippen molar-refractivity contribution in [2.75, 3.05) is 4.90 Å². The van der Waals surface area contributed by atoms with Crippen LogP contribution in [0.5, 0.6) is 0 Å². The first kappa shape index (κ1) is 38.1. The average Bonchev–Trinajstić information content (AvgIpc) is 4.00. The fourth-order valence-corrected chi connectivity index (χ4v) is 10.8. The quantitative estimate of drug-likeness (QED) is 0.159. The Morgan fingerprint density at radius 2 is 0.939 bits per heavy atom. The summed E-state index contributed by atoms with van der Waals surface area (Å²) < 4.78 is 8.94. The van der Waals surface area contributed by atoms with Crippen LogP contribution in [0.15, 0.2) is 235 Å². The summed E-state index contributed by atoms with van der Waals surface area (Å²) in [4.78, 5) is 2.39. The predicted molar refractivity (Wildman–Crippen MR) is 277 cm³/mol. The Labute approximate surface area is 384 Å². The number of hydrogen-bond acceptors (Lipinski definition) is 2. The lowest BCUT2D eigenvalue weighted by atomic mass is 9.82. The van der Waals surface area contributed by atoms with Crippen molar-refractivity contribution in [2.45, 2.75) is 19.3 Å². The minimum Gasteiger partial charge on any atom is -0.456 e. The molecule has 1 aliphatic carbocycles. The van der Waals surface area contributed by atoms with E-state index < -0.39 is 0 Å². The first-order valence-corrected chi connectivity index (χ1v) is 22.8. The topological polar surface area (TPSA) is 21.3 Å². The van der Waals surface area contributed by atoms with Gasteiger partial charge in [0.05, 0.1) is 11.0 Å². The number of aromatic nitrogens is 1. The van der Waals surface area contributed by atoms with Crippen LogP contribution < -0.4 is 4.90 Å². The van der Waals surface area contributed by atoms with E-state index in [4.69, 9.17) is 4.42 Å². The molecule has 2 aromatic heterocycles. The van der Waals surface area contributed by atoms with Crippen molar-refractivity contribution < 1.29 is 4.42 Å². The maximum Gasteiger partial charge on any atom is 0.136 e. The summed E-state index contributed by atoms with van der Waals surface area (Å²) in [5.41, 5.74) is 20.9. The van der Waals surface area contributed by atoms with E-state index in [0.29, 0.717) is 0 Å². The lowest BCUT2D eigenvalue weighted by molar-refractivity contribution is 0.660. The molecular weight excluding hydrogens is 801 g/mol. The van der Waals surface area contributed by atoms with Crippen LogP contribution >= 0.6 is 0 Å². The average molecular weight is 845 g/mol. The van der Waals surface area contributed by atoms with Crippen LogP contribution in [0.4, 0.5) is 17.1 Å². The molecule has 10 aromatic carbocycles. The van der Waals surface area contributed by atoms with Crippen LogP contribution in [0, 0.1) is 0 Å². The third kappa shape index (κ3) is 5.97. The van der Waals surface area contributed by atoms with E-state index in [0.717, 1.165) is 61.4 Å². The summed E-state index contributed by atoms with van der Waals surface area (Å²) >= 11 is 0. The van der Waals surface area contributed by atoms with Gasteiger partial charge in [0.2, 0.25) is 0 Å². The molecule has 0 aliphatic heterocycles. The second-order valence-electron chi connectivity index (χ2n) is 18.1. The van der Waals surface area contributed by atoms with Crippen LogP contribution in [-0.2, 0) is 5.41 Å². The lowest BCUT2D eigenvalue weighted by Gasteiger charge is -2.28. The van der Waals surface area contributed by atoms with E-state index in [-0.39, 0.29) is 5.41 Å². The molecule has 0 unspecified atom stereocenters. The molecule has 0 radical (unpaired) electrons. The van der Waals surface area contributed by atoms with Gasteiger partial charge in [0, 0.05) is 49.7 Å². The van der Waals surface area contributed by atoms with Gasteiger partial charge in [-0.05, 0) is 141 Å². The number of nitrogens with zero attached hydrogens (tertiary/aromatic N) is 2. The molecule has 66 heavy (non-hydrogen) atoms. The molecule has 0 N–H and O–H groups in total. The summed E-state index contributed by atoms with van der Waals surface area (Å²) in [5.74, 6) is 0. The Morgan fingerprint density at radius 1 is 0.364 bits per heavy atom. The smallest absolute Gasteiger partial charge is 0.136 e. The van der Waals surface area contributed by atoms with Crippen molar-refractivity contribution >= 4 is 60.8 Å². The first-order chi connectivity index (χ1) is 32.5. The Kier molecular flexibility index (Phi) is 8.56. The van der Waals surface area contributed by atoms with Gasteiger partial charge in [0.15, 0.2) is 0 Å². The second-order valence-corrected chi connectivity index (χ2v) is 18.1. The number of furan rings is 1. The molecule has 0 fully saturated rings. The number of rotatable bonds is 7. The van der Waals surface area contributed by atoms with Gasteiger partial charge in [-0.3, -0.25) is 0 Å². The maximum absolute atomic E-state index is 6.57. The SMILES string of the molecule is CC1(C)c2ccccc2-c2ccc(N(c3ccc(-c4ccccc4)cc3)c3ccc(-c4cccc5oc6ccc(-c7ccc8c(c7)c7ccccc7n8-c7ccccc7)cc6c45)cc3)cc21. The van der Waals surface area contributed by atoms with Crippen molar-refractivity contribution in [3.05, 3.63) is 242 Å². The van der Waals surface area contributed by atoms with Crippen molar-refractivity contribution in [2.24, 2.45) is 0 Å². The van der Waals surface area contributed by atoms with E-state index in [1.165, 1.54) is 60.8 Å². The van der Waals surface area contributed by atoms with Crippen molar-refractivity contribution in [3.63, 3.8) is 0 Å². The van der Waals surface area contributed by atoms with Crippen LogP contribution in [-0.4, -0.2) is 4.57 Å². The molecule has 0 spiro atoms. The fourth-order valence-electron chi connectivity index (χ4n) is 10.8. The predicted octanol–water partition coefficient (Wildman–Crippen LogP) is 17.5. The molecule has 3 heteroatoms. The molecule has 312 valence electrons. The molecule has 1 aliphatic rings. The van der Waals surface area contributed by atoms with E-state index in [9.17, 15) is 0 Å². The highest BCUT2D eigenvalue weighted by Crippen LogP contribution is 2.51. The van der Waals surface area contributed by atoms with Crippen LogP contribution in [0.1, 0.15) is 25.0 Å². The minimum atomic E-state index is -0.115. The Morgan fingerprint density at radius 3 is 1.73 bits per heavy atom. The number of fused-ring (bicyclic) bond motifs is 9. The van der Waals surface area contributed by atoms with Gasteiger partial charge in [-0.25, -0.2) is 0 Å². The molecular formula is C63H44N2O. The van der Waals surface area contributed by atoms with Gasteiger partial charge in [-0.15, -0.1) is 0 Å². The third-order valence-electron chi connectivity index (χ3n) is 14.0. The van der Waals surface area contributed by atoms with E-state index in [1.807, 2.05) is 0 Å². The Bertz CT molecular complexity index is 3820. The van der Waals surface area contributed by atoms with Crippen LogP contribution in [0.25, 0.3) is 93.9 Å². The molecule has 0 atom stereocenters. The monoisotopic (exact) mass is 844 g/mol. The minimum absolute atomic E-state index is 0.115. The molecule has 13 rings (SSSR count). The van der Waals surface area contributed by atoms with Crippen molar-refractivity contribution in [3.8, 4) is 50.2 Å². The third-order valence-corrected chi connectivity index (χ3v) is 14.0. The van der Waals surface area contributed by atoms with E-state index in [1.54, 1.807) is 0 Å². The van der Waals surface area contributed by atoms with E-state index in [2.05, 4.69) is 254 Å². The molecule has 3 nitrogen and oxygen atoms in total. The summed E-state index contributed by atoms with van der Waals surface area (Å²) in [6, 6.07) is 83.8. The summed E-state index contributed by atoms with van der Waals surface area (Å²) in [7, 11) is 0. The second kappa shape index (κ2) is 14.8. The standard InChI is InChI=1S/C63H44N2O/c1-63(2)56-21-11-9-18-51(56)52-35-34-49(40-57(52)63)64(47-30-24-42(25-31-47)41-14-5-3-6-15-41)48-32-26-43(27-33-48)50-20-13-23-61-62(50)55-39-45(29-37-60(55)66-61)44-28-36-59-54(38-44)53-19-10-12-22-58(53)65(59)46-16-7-4-8-17-46/h3-40H,1-2H3. The molecule has 0 amide bonds. The number of benzene rings is 10. The largest absolute Gasteiger partial charge is 0.456 e. The van der Waals surface area contributed by atoms with Gasteiger partial charge in [0.25, 0.3) is 0 Å². The molecule has 0 saturated carbocycles. The normalized spacial score (nSPS) is 12.8. The molecule has 12 aromatic rings. The van der Waals surface area contributed by atoms with Gasteiger partial charge in [0.1, 0.15) is 11.2 Å². The maximum atomic E-state index is 6.57. The van der Waals surface area contributed by atoms with Crippen molar-refractivity contribution in [1.82, 2.24) is 4.57 Å². The lowest BCUT2D eigenvalue weighted by Crippen LogP contribution is -2.16. The number of hydrogen-bond donors (Lipinski definition) is 0. The van der Waals surface area contributed by atoms with E-state index >= 15 is 0 Å². The number of anilines is 3. The molecule has 0 saturated heterocycles. The van der Waals surface area contributed by atoms with Crippen LogP contribution in [0.2, 0.25) is 0 Å². The first-order valence-electron chi connectivity index (χ1n) is 22.8. The summed E-state index contributed by atoms with van der Waals surface area (Å²) in [5, 5.41) is 4.71. The molecule has 2 heterocycles. The molecule has 0 bridgehead atoms. The highest BCUT2D eigenvalue weighted by molar-refractivity contribution is 6.14. The fraction of sp³-hybridized carbons (Fsp3) is 0.0476.